The van der Waals surface area contributed by atoms with Gasteiger partial charge in [0.05, 0.1) is 29.3 Å². The van der Waals surface area contributed by atoms with Gasteiger partial charge in [0, 0.05) is 26.2 Å². The monoisotopic (exact) mass is 468 g/mol. The molecule has 3 aromatic rings. The van der Waals surface area contributed by atoms with Crippen molar-refractivity contribution in [2.24, 2.45) is 0 Å². The van der Waals surface area contributed by atoms with Crippen molar-refractivity contribution in [1.29, 1.82) is 0 Å². The van der Waals surface area contributed by atoms with E-state index < -0.39 is 6.29 Å². The van der Waals surface area contributed by atoms with Crippen LogP contribution in [0.4, 0.5) is 0 Å². The Bertz CT molecular complexity index is 1110. The van der Waals surface area contributed by atoms with Crippen LogP contribution in [0.1, 0.15) is 46.1 Å². The van der Waals surface area contributed by atoms with Gasteiger partial charge in [-0.05, 0) is 30.2 Å². The Morgan fingerprint density at radius 2 is 1.70 bits per heavy atom. The number of ether oxygens (including phenoxy) is 3. The summed E-state index contributed by atoms with van der Waals surface area (Å²) in [6, 6.07) is 14.7. The minimum Gasteiger partial charge on any atom is -0.466 e. The summed E-state index contributed by atoms with van der Waals surface area (Å²) in [6.45, 7) is 2.12. The second kappa shape index (κ2) is 11.7. The molecule has 0 saturated heterocycles. The van der Waals surface area contributed by atoms with E-state index in [-0.39, 0.29) is 18.1 Å². The summed E-state index contributed by atoms with van der Waals surface area (Å²) in [6.07, 6.45) is 0.435. The van der Waals surface area contributed by atoms with Crippen LogP contribution in [-0.4, -0.2) is 43.0 Å². The number of carbonyl (C=O) groups is 2. The molecule has 0 bridgehead atoms. The first-order chi connectivity index (χ1) is 16.0. The molecular weight excluding hydrogens is 444 g/mol. The van der Waals surface area contributed by atoms with Gasteiger partial charge in [-0.15, -0.1) is 0 Å². The smallest absolute Gasteiger partial charge is 0.310 e. The summed E-state index contributed by atoms with van der Waals surface area (Å²) in [4.78, 5) is 32.9. The molecule has 0 unspecified atom stereocenters. The molecule has 3 rings (SSSR count). The predicted molar refractivity (Wildman–Crippen MR) is 124 cm³/mol. The molecule has 0 fully saturated rings. The molecule has 8 heteroatoms. The number of esters is 1. The molecule has 2 aromatic carbocycles. The molecule has 0 aliphatic carbocycles. The van der Waals surface area contributed by atoms with Crippen molar-refractivity contribution in [3.05, 3.63) is 81.6 Å². The highest BCUT2D eigenvalue weighted by Gasteiger charge is 2.24. The predicted octanol–water partition coefficient (Wildman–Crippen LogP) is 4.60. The third kappa shape index (κ3) is 6.01. The molecule has 0 atom stereocenters. The number of hydrogen-bond acceptors (Lipinski definition) is 7. The molecule has 7 nitrogen and oxygen atoms in total. The molecule has 33 heavy (non-hydrogen) atoms. The standard InChI is InChI=1S/C25H25ClN2O5/c1-4-33-22(30)14-17-11-9-16(10-12-17)13-20-23(25(31-2)32-3)21(15-29)28-24(27-20)18-7-5-6-8-19(18)26/h5-12,15,25H,4,13-14H2,1-3H3. The zero-order valence-corrected chi connectivity index (χ0v) is 19.5. The number of rotatable bonds is 10. The van der Waals surface area contributed by atoms with Gasteiger partial charge >= 0.3 is 5.97 Å². The minimum absolute atomic E-state index is 0.169. The highest BCUT2D eigenvalue weighted by molar-refractivity contribution is 6.33. The van der Waals surface area contributed by atoms with Gasteiger partial charge in [0.1, 0.15) is 5.69 Å². The third-order valence-corrected chi connectivity index (χ3v) is 5.32. The van der Waals surface area contributed by atoms with E-state index in [1.54, 1.807) is 19.1 Å². The van der Waals surface area contributed by atoms with Crippen molar-refractivity contribution < 1.29 is 23.8 Å². The van der Waals surface area contributed by atoms with E-state index in [9.17, 15) is 9.59 Å². The average Bonchev–Trinajstić information content (AvgIpc) is 2.82. The van der Waals surface area contributed by atoms with Crippen LogP contribution in [0.15, 0.2) is 48.5 Å². The van der Waals surface area contributed by atoms with Crippen molar-refractivity contribution in [3.8, 4) is 11.4 Å². The highest BCUT2D eigenvalue weighted by Crippen LogP contribution is 2.30. The lowest BCUT2D eigenvalue weighted by Gasteiger charge is -2.20. The zero-order chi connectivity index (χ0) is 23.8. The Morgan fingerprint density at radius 1 is 1.03 bits per heavy atom. The van der Waals surface area contributed by atoms with Gasteiger partial charge in [0.25, 0.3) is 0 Å². The Labute approximate surface area is 197 Å². The largest absolute Gasteiger partial charge is 0.466 e. The first kappa shape index (κ1) is 24.5. The van der Waals surface area contributed by atoms with Crippen LogP contribution in [0, 0.1) is 0 Å². The number of methoxy groups -OCH3 is 2. The second-order valence-corrected chi connectivity index (χ2v) is 7.58. The molecule has 0 radical (unpaired) electrons. The maximum Gasteiger partial charge on any atom is 0.310 e. The summed E-state index contributed by atoms with van der Waals surface area (Å²) < 4.78 is 15.8. The van der Waals surface area contributed by atoms with Crippen molar-refractivity contribution in [1.82, 2.24) is 9.97 Å². The third-order valence-electron chi connectivity index (χ3n) is 4.99. The summed E-state index contributed by atoms with van der Waals surface area (Å²) in [7, 11) is 2.97. The zero-order valence-electron chi connectivity index (χ0n) is 18.7. The summed E-state index contributed by atoms with van der Waals surface area (Å²) in [5.41, 5.74) is 3.59. The van der Waals surface area contributed by atoms with Crippen molar-refractivity contribution in [2.75, 3.05) is 20.8 Å². The van der Waals surface area contributed by atoms with Gasteiger partial charge in [-0.3, -0.25) is 9.59 Å². The van der Waals surface area contributed by atoms with Gasteiger partial charge < -0.3 is 14.2 Å². The van der Waals surface area contributed by atoms with Crippen LogP contribution in [-0.2, 0) is 31.8 Å². The topological polar surface area (TPSA) is 87.6 Å². The summed E-state index contributed by atoms with van der Waals surface area (Å²) >= 11 is 6.35. The maximum atomic E-state index is 12.0. The molecule has 0 N–H and O–H groups in total. The van der Waals surface area contributed by atoms with Crippen LogP contribution < -0.4 is 0 Å². The lowest BCUT2D eigenvalue weighted by molar-refractivity contribution is -0.142. The van der Waals surface area contributed by atoms with Crippen molar-refractivity contribution in [3.63, 3.8) is 0 Å². The number of benzene rings is 2. The molecule has 0 aliphatic rings. The molecule has 0 aliphatic heterocycles. The fourth-order valence-electron chi connectivity index (χ4n) is 3.46. The quantitative estimate of drug-likeness (QED) is 0.244. The van der Waals surface area contributed by atoms with Crippen LogP contribution in [0.3, 0.4) is 0 Å². The van der Waals surface area contributed by atoms with Gasteiger partial charge in [-0.25, -0.2) is 9.97 Å². The lowest BCUT2D eigenvalue weighted by atomic mass is 10.0. The number of carbonyl (C=O) groups excluding carboxylic acids is 2. The molecule has 172 valence electrons. The first-order valence-corrected chi connectivity index (χ1v) is 10.8. The number of aldehydes is 1. The Morgan fingerprint density at radius 3 is 2.30 bits per heavy atom. The van der Waals surface area contributed by atoms with Gasteiger partial charge in [-0.2, -0.15) is 0 Å². The van der Waals surface area contributed by atoms with Gasteiger partial charge in [0.2, 0.25) is 0 Å². The van der Waals surface area contributed by atoms with E-state index in [1.807, 2.05) is 36.4 Å². The molecule has 0 saturated carbocycles. The van der Waals surface area contributed by atoms with E-state index in [2.05, 4.69) is 4.98 Å². The van der Waals surface area contributed by atoms with Crippen molar-refractivity contribution in [2.45, 2.75) is 26.1 Å². The molecule has 0 amide bonds. The van der Waals surface area contributed by atoms with E-state index in [1.165, 1.54) is 14.2 Å². The Balaban J connectivity index is 2.03. The SMILES string of the molecule is CCOC(=O)Cc1ccc(Cc2nc(-c3ccccc3Cl)nc(C=O)c2C(OC)OC)cc1. The Kier molecular flexibility index (Phi) is 8.65. The van der Waals surface area contributed by atoms with Crippen LogP contribution >= 0.6 is 11.6 Å². The number of halogens is 1. The number of hydrogen-bond donors (Lipinski definition) is 0. The van der Waals surface area contributed by atoms with E-state index in [4.69, 9.17) is 30.8 Å². The lowest BCUT2D eigenvalue weighted by Crippen LogP contribution is -2.15. The fourth-order valence-corrected chi connectivity index (χ4v) is 3.68. The maximum absolute atomic E-state index is 12.0. The van der Waals surface area contributed by atoms with Crippen LogP contribution in [0.5, 0.6) is 0 Å². The van der Waals surface area contributed by atoms with Crippen molar-refractivity contribution >= 4 is 23.9 Å². The molecular formula is C25H25ClN2O5. The normalized spacial score (nSPS) is 10.9. The molecule has 0 spiro atoms. The van der Waals surface area contributed by atoms with Gasteiger partial charge in [-0.1, -0.05) is 48.0 Å². The summed E-state index contributed by atoms with van der Waals surface area (Å²) in [5.74, 6) is 0.0673. The van der Waals surface area contributed by atoms with E-state index in [0.717, 1.165) is 11.1 Å². The first-order valence-electron chi connectivity index (χ1n) is 10.4. The highest BCUT2D eigenvalue weighted by atomic mass is 35.5. The number of nitrogens with zero attached hydrogens (tertiary/aromatic N) is 2. The second-order valence-electron chi connectivity index (χ2n) is 7.17. The number of aromatic nitrogens is 2. The van der Waals surface area contributed by atoms with Gasteiger partial charge in [0.15, 0.2) is 18.4 Å². The molecule has 1 heterocycles. The van der Waals surface area contributed by atoms with E-state index in [0.29, 0.717) is 47.0 Å². The molecule has 1 aromatic heterocycles. The minimum atomic E-state index is -0.816. The van der Waals surface area contributed by atoms with Crippen LogP contribution in [0.25, 0.3) is 11.4 Å². The summed E-state index contributed by atoms with van der Waals surface area (Å²) in [5, 5.41) is 0.478. The van der Waals surface area contributed by atoms with Crippen LogP contribution in [0.2, 0.25) is 5.02 Å². The average molecular weight is 469 g/mol. The fraction of sp³-hybridized carbons (Fsp3) is 0.280. The van der Waals surface area contributed by atoms with E-state index >= 15 is 0 Å². The Hall–Kier alpha value is -3.13.